The Bertz CT molecular complexity index is 1600. The minimum atomic E-state index is -1.10. The molecule has 4 aliphatic heterocycles. The minimum absolute atomic E-state index is 0.00884. The highest BCUT2D eigenvalue weighted by atomic mass is 79.9. The first-order chi connectivity index (χ1) is 27.8. The Balaban J connectivity index is 0.000000226. The molecular weight excluding hydrogens is 811 g/mol. The third kappa shape index (κ3) is 13.4. The molecule has 0 unspecified atom stereocenters. The number of halogens is 1. The monoisotopic (exact) mass is 876 g/mol. The standard InChI is InChI=1S/C20H32N4O3.C17H25BrN4O3.C3H9BO2/c1-4-5-16-14-19(24(25)26)20(27-3)15-18(16)23-8-6-17(7-9-23)22-12-10-21(2)11-13-22;1-19-7-9-20(10-8-19)13-3-5-21(6-4-13)15-12-17(25-2)16(22(23)24)11-14(15)18;1-2-3-4(5)6/h14-15,17H,4-13H2,1-3H3;11-13H,3-10H2,1-2H3;5-6H,2-3H2,1H3. The molecule has 0 bridgehead atoms. The molecule has 58 heavy (non-hydrogen) atoms. The maximum absolute atomic E-state index is 11.4. The first kappa shape index (κ1) is 47.4. The first-order valence-electron chi connectivity index (χ1n) is 20.9. The van der Waals surface area contributed by atoms with Gasteiger partial charge in [-0.25, -0.2) is 0 Å². The summed E-state index contributed by atoms with van der Waals surface area (Å²) in [5.41, 5.74) is 3.20. The summed E-state index contributed by atoms with van der Waals surface area (Å²) in [4.78, 5) is 36.5. The van der Waals surface area contributed by atoms with Crippen molar-refractivity contribution in [2.45, 2.75) is 77.2 Å². The molecule has 18 heteroatoms. The smallest absolute Gasteiger partial charge is 0.451 e. The summed E-state index contributed by atoms with van der Waals surface area (Å²) in [6.07, 6.45) is 7.67. The molecule has 6 rings (SSSR count). The number of nitrogens with zero attached hydrogens (tertiary/aromatic N) is 8. The fourth-order valence-electron chi connectivity index (χ4n) is 8.33. The van der Waals surface area contributed by atoms with Gasteiger partial charge in [0.1, 0.15) is 0 Å². The minimum Gasteiger partial charge on any atom is -0.490 e. The van der Waals surface area contributed by atoms with Crippen molar-refractivity contribution in [1.82, 2.24) is 19.6 Å². The molecule has 0 spiro atoms. The summed E-state index contributed by atoms with van der Waals surface area (Å²) in [6, 6.07) is 8.20. The van der Waals surface area contributed by atoms with E-state index < -0.39 is 12.0 Å². The van der Waals surface area contributed by atoms with Gasteiger partial charge < -0.3 is 39.1 Å². The largest absolute Gasteiger partial charge is 0.490 e. The molecule has 0 aliphatic carbocycles. The van der Waals surface area contributed by atoms with Crippen LogP contribution in [0.5, 0.6) is 11.5 Å². The number of methoxy groups -OCH3 is 2. The van der Waals surface area contributed by atoms with Crippen molar-refractivity contribution in [3.63, 3.8) is 0 Å². The number of nitro groups is 2. The molecule has 4 saturated heterocycles. The summed E-state index contributed by atoms with van der Waals surface area (Å²) >= 11 is 3.50. The fourth-order valence-corrected chi connectivity index (χ4v) is 8.91. The number of benzene rings is 2. The molecule has 2 aromatic carbocycles. The van der Waals surface area contributed by atoms with E-state index in [2.05, 4.69) is 66.3 Å². The zero-order chi connectivity index (χ0) is 42.4. The van der Waals surface area contributed by atoms with Crippen molar-refractivity contribution in [3.8, 4) is 11.5 Å². The normalized spacial score (nSPS) is 19.1. The van der Waals surface area contributed by atoms with E-state index in [0.717, 1.165) is 145 Å². The molecule has 2 aromatic rings. The van der Waals surface area contributed by atoms with Crippen LogP contribution in [-0.4, -0.2) is 166 Å². The second kappa shape index (κ2) is 23.5. The first-order valence-corrected chi connectivity index (χ1v) is 21.7. The fraction of sp³-hybridized carbons (Fsp3) is 0.700. The van der Waals surface area contributed by atoms with Gasteiger partial charge in [-0.1, -0.05) is 26.7 Å². The molecular formula is C40H66BBrN8O8. The lowest BCUT2D eigenvalue weighted by molar-refractivity contribution is -0.385. The Labute approximate surface area is 353 Å². The molecule has 0 saturated carbocycles. The van der Waals surface area contributed by atoms with Crippen molar-refractivity contribution in [1.29, 1.82) is 0 Å². The number of aryl methyl sites for hydroxylation is 1. The van der Waals surface area contributed by atoms with Crippen LogP contribution in [-0.2, 0) is 6.42 Å². The average Bonchev–Trinajstić information content (AvgIpc) is 3.22. The van der Waals surface area contributed by atoms with Gasteiger partial charge in [0.2, 0.25) is 0 Å². The summed E-state index contributed by atoms with van der Waals surface area (Å²) in [5.74, 6) is 0.667. The molecule has 16 nitrogen and oxygen atoms in total. The number of nitro benzene ring substituents is 2. The Morgan fingerprint density at radius 1 is 0.672 bits per heavy atom. The summed E-state index contributed by atoms with van der Waals surface area (Å²) < 4.78 is 11.3. The SMILES string of the molecule is CCCB(O)O.CCCc1cc([N+](=O)[O-])c(OC)cc1N1CCC(N2CCN(C)CC2)CC1.COc1cc(N2CCC(N3CCN(C)CC3)CC2)c(Br)cc1[N+](=O)[O-]. The van der Waals surface area contributed by atoms with E-state index in [1.54, 1.807) is 18.2 Å². The number of piperazine rings is 2. The van der Waals surface area contributed by atoms with Crippen LogP contribution in [0.2, 0.25) is 6.32 Å². The number of rotatable bonds is 12. The highest BCUT2D eigenvalue weighted by Crippen LogP contribution is 2.40. The van der Waals surface area contributed by atoms with Gasteiger partial charge in [-0.05, 0) is 74.0 Å². The Morgan fingerprint density at radius 2 is 1.09 bits per heavy atom. The molecule has 2 N–H and O–H groups in total. The topological polar surface area (TPSA) is 165 Å². The second-order valence-electron chi connectivity index (χ2n) is 15.8. The van der Waals surface area contributed by atoms with Crippen LogP contribution < -0.4 is 19.3 Å². The summed E-state index contributed by atoms with van der Waals surface area (Å²) in [6.45, 7) is 17.1. The Kier molecular flexibility index (Phi) is 19.2. The zero-order valence-electron chi connectivity index (χ0n) is 35.5. The van der Waals surface area contributed by atoms with Crippen molar-refractivity contribution in [2.75, 3.05) is 117 Å². The van der Waals surface area contributed by atoms with Gasteiger partial charge in [-0.3, -0.25) is 30.0 Å². The van der Waals surface area contributed by atoms with E-state index in [1.807, 2.05) is 13.0 Å². The molecule has 0 radical (unpaired) electrons. The lowest BCUT2D eigenvalue weighted by atomic mass is 9.85. The lowest BCUT2D eigenvalue weighted by Crippen LogP contribution is -2.52. The van der Waals surface area contributed by atoms with Gasteiger partial charge in [0, 0.05) is 125 Å². The maximum atomic E-state index is 11.4. The van der Waals surface area contributed by atoms with E-state index in [1.165, 1.54) is 14.2 Å². The lowest BCUT2D eigenvalue weighted by Gasteiger charge is -2.43. The molecule has 0 amide bonds. The Hall–Kier alpha value is -3.26. The van der Waals surface area contributed by atoms with Gasteiger partial charge in [0.15, 0.2) is 11.5 Å². The molecule has 4 heterocycles. The van der Waals surface area contributed by atoms with Crippen LogP contribution in [0.1, 0.15) is 57.9 Å². The van der Waals surface area contributed by atoms with Gasteiger partial charge in [0.25, 0.3) is 0 Å². The van der Waals surface area contributed by atoms with Crippen molar-refractivity contribution >= 4 is 45.8 Å². The van der Waals surface area contributed by atoms with Gasteiger partial charge in [-0.2, -0.15) is 0 Å². The molecule has 324 valence electrons. The predicted octanol–water partition coefficient (Wildman–Crippen LogP) is 5.22. The second-order valence-corrected chi connectivity index (χ2v) is 16.6. The van der Waals surface area contributed by atoms with Crippen molar-refractivity contribution in [2.24, 2.45) is 0 Å². The average molecular weight is 878 g/mol. The highest BCUT2D eigenvalue weighted by Gasteiger charge is 2.31. The Morgan fingerprint density at radius 3 is 1.45 bits per heavy atom. The quantitative estimate of drug-likeness (QED) is 0.162. The molecule has 0 aromatic heterocycles. The predicted molar refractivity (Wildman–Crippen MR) is 235 cm³/mol. The maximum Gasteiger partial charge on any atom is 0.451 e. The van der Waals surface area contributed by atoms with E-state index in [9.17, 15) is 20.2 Å². The van der Waals surface area contributed by atoms with Crippen LogP contribution in [0.3, 0.4) is 0 Å². The number of piperidine rings is 2. The van der Waals surface area contributed by atoms with Crippen LogP contribution in [0.15, 0.2) is 28.7 Å². The van der Waals surface area contributed by atoms with Crippen LogP contribution in [0.4, 0.5) is 22.7 Å². The highest BCUT2D eigenvalue weighted by molar-refractivity contribution is 9.10. The number of likely N-dealkylation sites (N-methyl/N-ethyl adjacent to an activating group) is 2. The van der Waals surface area contributed by atoms with E-state index in [0.29, 0.717) is 29.9 Å². The van der Waals surface area contributed by atoms with Crippen molar-refractivity contribution in [3.05, 3.63) is 54.5 Å². The van der Waals surface area contributed by atoms with E-state index in [4.69, 9.17) is 19.5 Å². The van der Waals surface area contributed by atoms with Gasteiger partial charge >= 0.3 is 18.5 Å². The van der Waals surface area contributed by atoms with E-state index in [-0.39, 0.29) is 16.3 Å². The van der Waals surface area contributed by atoms with Gasteiger partial charge in [-0.15, -0.1) is 0 Å². The van der Waals surface area contributed by atoms with Crippen LogP contribution >= 0.6 is 15.9 Å². The molecule has 4 fully saturated rings. The van der Waals surface area contributed by atoms with Crippen LogP contribution in [0, 0.1) is 20.2 Å². The molecule has 4 aliphatic rings. The van der Waals surface area contributed by atoms with E-state index >= 15 is 0 Å². The molecule has 0 atom stereocenters. The summed E-state index contributed by atoms with van der Waals surface area (Å²) in [7, 11) is 6.25. The van der Waals surface area contributed by atoms with Gasteiger partial charge in [0.05, 0.1) is 29.8 Å². The number of hydrogen-bond acceptors (Lipinski definition) is 14. The van der Waals surface area contributed by atoms with Crippen molar-refractivity contribution < 1.29 is 29.4 Å². The third-order valence-corrected chi connectivity index (χ3v) is 12.4. The number of ether oxygens (including phenoxy) is 2. The third-order valence-electron chi connectivity index (χ3n) is 11.8. The van der Waals surface area contributed by atoms with Crippen LogP contribution in [0.25, 0.3) is 0 Å². The number of anilines is 2. The zero-order valence-corrected chi connectivity index (χ0v) is 37.1. The summed E-state index contributed by atoms with van der Waals surface area (Å²) in [5, 5.41) is 38.7. The number of hydrogen-bond donors (Lipinski definition) is 2.